The number of ether oxygens (including phenoxy) is 1. The maximum Gasteiger partial charge on any atom is 0.119 e. The topological polar surface area (TPSA) is 47.9 Å². The molecule has 0 bridgehead atoms. The van der Waals surface area contributed by atoms with Gasteiger partial charge in [-0.15, -0.1) is 0 Å². The van der Waals surface area contributed by atoms with Gasteiger partial charge < -0.3 is 4.74 Å². The minimum Gasteiger partial charge on any atom is -0.497 e. The molecule has 5 aromatic carbocycles. The molecule has 0 saturated heterocycles. The molecule has 4 heteroatoms. The molecular formula is C50H41N3O. The zero-order valence-electron chi connectivity index (χ0n) is 30.4. The summed E-state index contributed by atoms with van der Waals surface area (Å²) in [4.78, 5) is 14.5. The molecule has 8 rings (SSSR count). The molecule has 0 atom stereocenters. The Hall–Kier alpha value is -6.65. The summed E-state index contributed by atoms with van der Waals surface area (Å²) in [6.07, 6.45) is 9.68. The van der Waals surface area contributed by atoms with Crippen LogP contribution in [0.2, 0.25) is 0 Å². The SMILES string of the molecule is COc1cccc(-c2ccc(-c3ccccc3-c3cc(CCc4ccc(-c5ccccc5)nc4)cc(CCc4ccc(-c5ccccc5)nc4)c3)cn2)c1. The molecule has 0 aliphatic rings. The van der Waals surface area contributed by atoms with Gasteiger partial charge in [0.25, 0.3) is 0 Å². The van der Waals surface area contributed by atoms with E-state index >= 15 is 0 Å². The molecule has 4 nitrogen and oxygen atoms in total. The molecule has 0 aliphatic carbocycles. The van der Waals surface area contributed by atoms with Gasteiger partial charge in [0.15, 0.2) is 0 Å². The third-order valence-electron chi connectivity index (χ3n) is 9.92. The van der Waals surface area contributed by atoms with Gasteiger partial charge in [-0.3, -0.25) is 15.0 Å². The Labute approximate surface area is 317 Å². The Morgan fingerprint density at radius 3 is 1.35 bits per heavy atom. The van der Waals surface area contributed by atoms with Crippen LogP contribution in [0.25, 0.3) is 56.0 Å². The number of hydrogen-bond donors (Lipinski definition) is 0. The normalized spacial score (nSPS) is 11.0. The van der Waals surface area contributed by atoms with E-state index in [-0.39, 0.29) is 0 Å². The number of pyridine rings is 3. The third kappa shape index (κ3) is 8.19. The fourth-order valence-electron chi connectivity index (χ4n) is 6.98. The van der Waals surface area contributed by atoms with Crippen LogP contribution in [-0.4, -0.2) is 22.1 Å². The van der Waals surface area contributed by atoms with E-state index < -0.39 is 0 Å². The van der Waals surface area contributed by atoms with E-state index in [4.69, 9.17) is 19.7 Å². The average Bonchev–Trinajstić information content (AvgIpc) is 3.26. The first kappa shape index (κ1) is 34.4. The summed E-state index contributed by atoms with van der Waals surface area (Å²) in [5, 5.41) is 0. The Bertz CT molecular complexity index is 2340. The Morgan fingerprint density at radius 2 is 0.833 bits per heavy atom. The summed E-state index contributed by atoms with van der Waals surface area (Å²) in [6.45, 7) is 0. The molecule has 54 heavy (non-hydrogen) atoms. The van der Waals surface area contributed by atoms with Crippen molar-refractivity contribution >= 4 is 0 Å². The monoisotopic (exact) mass is 699 g/mol. The summed E-state index contributed by atoms with van der Waals surface area (Å²) in [7, 11) is 1.69. The number of aromatic nitrogens is 3. The van der Waals surface area contributed by atoms with Gasteiger partial charge in [0.2, 0.25) is 0 Å². The minimum atomic E-state index is 0.820. The summed E-state index contributed by atoms with van der Waals surface area (Å²) in [6, 6.07) is 57.5. The van der Waals surface area contributed by atoms with E-state index in [2.05, 4.69) is 133 Å². The predicted octanol–water partition coefficient (Wildman–Crippen LogP) is 11.8. The van der Waals surface area contributed by atoms with Gasteiger partial charge >= 0.3 is 0 Å². The summed E-state index contributed by atoms with van der Waals surface area (Å²) in [5.41, 5.74) is 15.9. The van der Waals surface area contributed by atoms with E-state index in [0.29, 0.717) is 0 Å². The van der Waals surface area contributed by atoms with Crippen molar-refractivity contribution in [3.05, 3.63) is 205 Å². The van der Waals surface area contributed by atoms with Gasteiger partial charge in [-0.2, -0.15) is 0 Å². The van der Waals surface area contributed by atoms with Crippen LogP contribution in [0.4, 0.5) is 0 Å². The van der Waals surface area contributed by atoms with E-state index in [1.807, 2.05) is 48.9 Å². The largest absolute Gasteiger partial charge is 0.497 e. The highest BCUT2D eigenvalue weighted by molar-refractivity contribution is 5.84. The average molecular weight is 700 g/mol. The number of benzene rings is 5. The van der Waals surface area contributed by atoms with Gasteiger partial charge in [-0.25, -0.2) is 0 Å². The van der Waals surface area contributed by atoms with Crippen molar-refractivity contribution in [2.24, 2.45) is 0 Å². The summed E-state index contributed by atoms with van der Waals surface area (Å²) < 4.78 is 5.45. The van der Waals surface area contributed by atoms with Crippen LogP contribution in [0.15, 0.2) is 182 Å². The molecule has 0 spiro atoms. The van der Waals surface area contributed by atoms with Gasteiger partial charge in [-0.1, -0.05) is 133 Å². The lowest BCUT2D eigenvalue weighted by atomic mass is 9.90. The van der Waals surface area contributed by atoms with Crippen molar-refractivity contribution in [1.29, 1.82) is 0 Å². The highest BCUT2D eigenvalue weighted by Gasteiger charge is 2.12. The van der Waals surface area contributed by atoms with E-state index in [0.717, 1.165) is 76.3 Å². The van der Waals surface area contributed by atoms with Crippen LogP contribution < -0.4 is 4.74 Å². The fraction of sp³-hybridized carbons (Fsp3) is 0.100. The second-order valence-corrected chi connectivity index (χ2v) is 13.6. The van der Waals surface area contributed by atoms with Crippen molar-refractivity contribution in [2.45, 2.75) is 25.7 Å². The zero-order chi connectivity index (χ0) is 36.5. The van der Waals surface area contributed by atoms with Crippen LogP contribution in [0.1, 0.15) is 22.3 Å². The quantitative estimate of drug-likeness (QED) is 0.127. The molecule has 3 heterocycles. The van der Waals surface area contributed by atoms with E-state index in [9.17, 15) is 0 Å². The highest BCUT2D eigenvalue weighted by Crippen LogP contribution is 2.34. The van der Waals surface area contributed by atoms with Crippen LogP contribution in [0.3, 0.4) is 0 Å². The van der Waals surface area contributed by atoms with Crippen LogP contribution >= 0.6 is 0 Å². The van der Waals surface area contributed by atoms with Crippen molar-refractivity contribution in [1.82, 2.24) is 15.0 Å². The molecule has 0 fully saturated rings. The van der Waals surface area contributed by atoms with E-state index in [1.165, 1.54) is 33.4 Å². The Morgan fingerprint density at radius 1 is 0.352 bits per heavy atom. The Kier molecular flexibility index (Phi) is 10.4. The van der Waals surface area contributed by atoms with Crippen LogP contribution in [0, 0.1) is 0 Å². The van der Waals surface area contributed by atoms with Gasteiger partial charge in [0.05, 0.1) is 24.2 Å². The predicted molar refractivity (Wildman–Crippen MR) is 221 cm³/mol. The second kappa shape index (κ2) is 16.4. The number of aryl methyl sites for hydroxylation is 4. The van der Waals surface area contributed by atoms with Gasteiger partial charge in [-0.05, 0) is 95.0 Å². The lowest BCUT2D eigenvalue weighted by Gasteiger charge is -2.15. The second-order valence-electron chi connectivity index (χ2n) is 13.6. The maximum atomic E-state index is 5.45. The van der Waals surface area contributed by atoms with Crippen molar-refractivity contribution in [3.8, 4) is 61.8 Å². The van der Waals surface area contributed by atoms with Crippen molar-refractivity contribution < 1.29 is 4.74 Å². The Balaban J connectivity index is 1.07. The number of methoxy groups -OCH3 is 1. The summed E-state index contributed by atoms with van der Waals surface area (Å²) >= 11 is 0. The number of hydrogen-bond acceptors (Lipinski definition) is 4. The smallest absolute Gasteiger partial charge is 0.119 e. The number of rotatable bonds is 12. The summed E-state index contributed by atoms with van der Waals surface area (Å²) in [5.74, 6) is 0.820. The molecule has 3 aromatic heterocycles. The highest BCUT2D eigenvalue weighted by atomic mass is 16.5. The van der Waals surface area contributed by atoms with Gasteiger partial charge in [0.1, 0.15) is 5.75 Å². The first-order chi connectivity index (χ1) is 26.7. The van der Waals surface area contributed by atoms with Gasteiger partial charge in [0, 0.05) is 40.8 Å². The molecule has 0 N–H and O–H groups in total. The molecule has 8 aromatic rings. The van der Waals surface area contributed by atoms with Crippen LogP contribution in [0.5, 0.6) is 5.75 Å². The maximum absolute atomic E-state index is 5.45. The molecule has 0 amide bonds. The lowest BCUT2D eigenvalue weighted by Crippen LogP contribution is -1.98. The molecule has 0 unspecified atom stereocenters. The molecule has 262 valence electrons. The van der Waals surface area contributed by atoms with Crippen LogP contribution in [-0.2, 0) is 25.7 Å². The fourth-order valence-corrected chi connectivity index (χ4v) is 6.98. The van der Waals surface area contributed by atoms with Crippen molar-refractivity contribution in [3.63, 3.8) is 0 Å². The molecule has 0 saturated carbocycles. The first-order valence-electron chi connectivity index (χ1n) is 18.5. The lowest BCUT2D eigenvalue weighted by molar-refractivity contribution is 0.415. The molecule has 0 aliphatic heterocycles. The zero-order valence-corrected chi connectivity index (χ0v) is 30.4. The standard InChI is InChI=1S/C50H41N3O/c1-54-45-16-10-15-42(32-45)50-28-25-43(35-53-50)46-17-8-9-18-47(46)44-30-38(21-19-36-23-26-48(51-33-36)40-11-4-2-5-12-40)29-39(31-44)22-20-37-24-27-49(52-34-37)41-13-6-3-7-14-41/h2-18,23-35H,19-22H2,1H3. The number of nitrogens with zero attached hydrogens (tertiary/aromatic N) is 3. The van der Waals surface area contributed by atoms with E-state index in [1.54, 1.807) is 7.11 Å². The molecule has 0 radical (unpaired) electrons. The van der Waals surface area contributed by atoms with Crippen molar-refractivity contribution in [2.75, 3.05) is 7.11 Å². The third-order valence-corrected chi connectivity index (χ3v) is 9.92. The molecular weight excluding hydrogens is 659 g/mol. The first-order valence-corrected chi connectivity index (χ1v) is 18.5. The minimum absolute atomic E-state index is 0.820.